The van der Waals surface area contributed by atoms with Crippen molar-refractivity contribution in [3.05, 3.63) is 47.0 Å². The highest BCUT2D eigenvalue weighted by atomic mass is 16.5. The van der Waals surface area contributed by atoms with Crippen molar-refractivity contribution in [2.45, 2.75) is 38.5 Å². The molecular weight excluding hydrogens is 224 g/mol. The number of hydrogen-bond donors (Lipinski definition) is 0. The number of ether oxygens (including phenoxy) is 1. The van der Waals surface area contributed by atoms with Gasteiger partial charge in [-0.15, -0.1) is 0 Å². The summed E-state index contributed by atoms with van der Waals surface area (Å²) in [5, 5.41) is 0. The van der Waals surface area contributed by atoms with E-state index >= 15 is 0 Å². The summed E-state index contributed by atoms with van der Waals surface area (Å²) < 4.78 is 4.94. The Kier molecular flexibility index (Phi) is 4.57. The van der Waals surface area contributed by atoms with E-state index in [2.05, 4.69) is 12.1 Å². The molecule has 1 aliphatic carbocycles. The van der Waals surface area contributed by atoms with Gasteiger partial charge >= 0.3 is 5.97 Å². The summed E-state index contributed by atoms with van der Waals surface area (Å²) in [7, 11) is 1.47. The van der Waals surface area contributed by atoms with Crippen molar-refractivity contribution in [2.75, 3.05) is 7.11 Å². The Morgan fingerprint density at radius 2 is 1.78 bits per heavy atom. The molecule has 2 nitrogen and oxygen atoms in total. The maximum absolute atomic E-state index is 11.9. The maximum atomic E-state index is 11.9. The molecule has 0 spiro atoms. The molecule has 0 aromatic heterocycles. The Hall–Kier alpha value is -1.57. The molecule has 0 unspecified atom stereocenters. The number of carbonyl (C=O) groups is 1. The number of benzene rings is 1. The first-order chi connectivity index (χ1) is 8.81. The van der Waals surface area contributed by atoms with Gasteiger partial charge in [-0.1, -0.05) is 42.3 Å². The van der Waals surface area contributed by atoms with Crippen LogP contribution in [-0.2, 0) is 16.0 Å². The molecule has 2 heteroatoms. The zero-order valence-corrected chi connectivity index (χ0v) is 10.9. The Bertz CT molecular complexity index is 424. The Balaban J connectivity index is 2.23. The van der Waals surface area contributed by atoms with Crippen LogP contribution in [0.4, 0.5) is 0 Å². The molecule has 0 N–H and O–H groups in total. The van der Waals surface area contributed by atoms with E-state index in [0.717, 1.165) is 18.4 Å². The summed E-state index contributed by atoms with van der Waals surface area (Å²) in [6.45, 7) is 0. The lowest BCUT2D eigenvalue weighted by molar-refractivity contribution is -0.136. The third kappa shape index (κ3) is 3.22. The third-order valence-corrected chi connectivity index (χ3v) is 3.54. The van der Waals surface area contributed by atoms with Gasteiger partial charge in [-0.25, -0.2) is 4.79 Å². The molecule has 1 aliphatic rings. The molecule has 96 valence electrons. The van der Waals surface area contributed by atoms with Crippen LogP contribution < -0.4 is 0 Å². The first kappa shape index (κ1) is 12.9. The number of esters is 1. The van der Waals surface area contributed by atoms with E-state index in [1.807, 2.05) is 18.2 Å². The molecular formula is C16H20O2. The normalized spacial score (nSPS) is 15.3. The molecule has 1 fully saturated rings. The molecule has 1 aromatic rings. The summed E-state index contributed by atoms with van der Waals surface area (Å²) in [4.78, 5) is 11.9. The highest BCUT2D eigenvalue weighted by molar-refractivity contribution is 5.89. The van der Waals surface area contributed by atoms with Gasteiger partial charge in [0.05, 0.1) is 7.11 Å². The fourth-order valence-corrected chi connectivity index (χ4v) is 2.55. The van der Waals surface area contributed by atoms with Crippen molar-refractivity contribution in [3.63, 3.8) is 0 Å². The van der Waals surface area contributed by atoms with E-state index in [1.54, 1.807) is 0 Å². The van der Waals surface area contributed by atoms with Crippen molar-refractivity contribution in [1.29, 1.82) is 0 Å². The fourth-order valence-electron chi connectivity index (χ4n) is 2.55. The van der Waals surface area contributed by atoms with Gasteiger partial charge in [-0.3, -0.25) is 0 Å². The minimum absolute atomic E-state index is 0.157. The van der Waals surface area contributed by atoms with Crippen molar-refractivity contribution in [1.82, 2.24) is 0 Å². The Morgan fingerprint density at radius 3 is 2.39 bits per heavy atom. The van der Waals surface area contributed by atoms with Crippen LogP contribution in [0.1, 0.15) is 37.7 Å². The number of allylic oxidation sites excluding steroid dienone is 1. The highest BCUT2D eigenvalue weighted by Gasteiger charge is 2.18. The molecule has 1 saturated carbocycles. The first-order valence-electron chi connectivity index (χ1n) is 6.64. The summed E-state index contributed by atoms with van der Waals surface area (Å²) in [6.07, 6.45) is 6.48. The lowest BCUT2D eigenvalue weighted by atomic mass is 9.88. The molecule has 2 rings (SSSR count). The zero-order chi connectivity index (χ0) is 12.8. The van der Waals surface area contributed by atoms with E-state index < -0.39 is 0 Å². The molecule has 0 aliphatic heterocycles. The second-order valence-corrected chi connectivity index (χ2v) is 4.80. The quantitative estimate of drug-likeness (QED) is 0.599. The van der Waals surface area contributed by atoms with Crippen LogP contribution in [-0.4, -0.2) is 13.1 Å². The van der Waals surface area contributed by atoms with Gasteiger partial charge in [0.2, 0.25) is 0 Å². The molecule has 0 saturated heterocycles. The Morgan fingerprint density at radius 1 is 1.11 bits per heavy atom. The molecule has 0 bridgehead atoms. The van der Waals surface area contributed by atoms with Gasteiger partial charge in [0.15, 0.2) is 0 Å². The lowest BCUT2D eigenvalue weighted by Crippen LogP contribution is -2.12. The zero-order valence-electron chi connectivity index (χ0n) is 10.9. The number of hydrogen-bond acceptors (Lipinski definition) is 2. The molecule has 0 amide bonds. The largest absolute Gasteiger partial charge is 0.466 e. The van der Waals surface area contributed by atoms with Crippen LogP contribution in [0, 0.1) is 0 Å². The third-order valence-electron chi connectivity index (χ3n) is 3.54. The van der Waals surface area contributed by atoms with E-state index in [9.17, 15) is 4.79 Å². The summed E-state index contributed by atoms with van der Waals surface area (Å²) in [6, 6.07) is 10.1. The van der Waals surface area contributed by atoms with E-state index in [4.69, 9.17) is 4.74 Å². The van der Waals surface area contributed by atoms with Gasteiger partial charge in [0.1, 0.15) is 0 Å². The minimum Gasteiger partial charge on any atom is -0.466 e. The number of rotatable bonds is 3. The van der Waals surface area contributed by atoms with Gasteiger partial charge in [-0.05, 0) is 31.2 Å². The number of methoxy groups -OCH3 is 1. The van der Waals surface area contributed by atoms with E-state index in [-0.39, 0.29) is 5.97 Å². The average Bonchev–Trinajstić information content (AvgIpc) is 2.46. The predicted molar refractivity (Wildman–Crippen MR) is 72.3 cm³/mol. The summed E-state index contributed by atoms with van der Waals surface area (Å²) >= 11 is 0. The predicted octanol–water partition coefficient (Wildman–Crippen LogP) is 3.66. The highest BCUT2D eigenvalue weighted by Crippen LogP contribution is 2.28. The molecule has 1 aromatic carbocycles. The van der Waals surface area contributed by atoms with Crippen molar-refractivity contribution in [2.24, 2.45) is 0 Å². The molecule has 0 heterocycles. The maximum Gasteiger partial charge on any atom is 0.334 e. The van der Waals surface area contributed by atoms with Crippen LogP contribution in [0.15, 0.2) is 41.5 Å². The SMILES string of the molecule is COC(=O)C(Cc1ccccc1)=C1CCCCC1. The van der Waals surface area contributed by atoms with E-state index in [0.29, 0.717) is 6.42 Å². The van der Waals surface area contributed by atoms with Crippen LogP contribution in [0.3, 0.4) is 0 Å². The van der Waals surface area contributed by atoms with Crippen LogP contribution >= 0.6 is 0 Å². The standard InChI is InChI=1S/C16H20O2/c1-18-16(17)15(14-10-6-3-7-11-14)12-13-8-4-2-5-9-13/h2,4-5,8-9H,3,6-7,10-12H2,1H3. The van der Waals surface area contributed by atoms with Gasteiger partial charge in [0.25, 0.3) is 0 Å². The molecule has 0 atom stereocenters. The van der Waals surface area contributed by atoms with Gasteiger partial charge < -0.3 is 4.74 Å². The summed E-state index contributed by atoms with van der Waals surface area (Å²) in [5.41, 5.74) is 3.36. The molecule has 0 radical (unpaired) electrons. The van der Waals surface area contributed by atoms with E-state index in [1.165, 1.54) is 37.5 Å². The van der Waals surface area contributed by atoms with Gasteiger partial charge in [-0.2, -0.15) is 0 Å². The molecule has 18 heavy (non-hydrogen) atoms. The van der Waals surface area contributed by atoms with Crippen LogP contribution in [0.2, 0.25) is 0 Å². The second-order valence-electron chi connectivity index (χ2n) is 4.80. The number of carbonyl (C=O) groups excluding carboxylic acids is 1. The smallest absolute Gasteiger partial charge is 0.334 e. The first-order valence-corrected chi connectivity index (χ1v) is 6.64. The van der Waals surface area contributed by atoms with Crippen LogP contribution in [0.5, 0.6) is 0 Å². The summed E-state index contributed by atoms with van der Waals surface area (Å²) in [5.74, 6) is -0.157. The monoisotopic (exact) mass is 244 g/mol. The van der Waals surface area contributed by atoms with Crippen molar-refractivity contribution >= 4 is 5.97 Å². The Labute approximate surface area is 109 Å². The lowest BCUT2D eigenvalue weighted by Gasteiger charge is -2.18. The second kappa shape index (κ2) is 6.39. The fraction of sp³-hybridized carbons (Fsp3) is 0.438. The average molecular weight is 244 g/mol. The minimum atomic E-state index is -0.157. The van der Waals surface area contributed by atoms with Gasteiger partial charge in [0, 0.05) is 12.0 Å². The van der Waals surface area contributed by atoms with Crippen molar-refractivity contribution in [3.8, 4) is 0 Å². The van der Waals surface area contributed by atoms with Crippen molar-refractivity contribution < 1.29 is 9.53 Å². The topological polar surface area (TPSA) is 26.3 Å². The van der Waals surface area contributed by atoms with Crippen LogP contribution in [0.25, 0.3) is 0 Å².